The Morgan fingerprint density at radius 2 is 1.88 bits per heavy atom. The first kappa shape index (κ1) is 17.4. The second-order valence-corrected chi connectivity index (χ2v) is 6.12. The number of aromatic nitrogens is 2. The number of hydrazone groups is 1. The van der Waals surface area contributed by atoms with E-state index in [0.29, 0.717) is 22.7 Å². The van der Waals surface area contributed by atoms with E-state index in [1.165, 1.54) is 11.1 Å². The molecule has 6 nitrogen and oxygen atoms in total. The summed E-state index contributed by atoms with van der Waals surface area (Å²) in [5.41, 5.74) is 7.86. The number of phenols is 1. The molecule has 1 aromatic heterocycles. The van der Waals surface area contributed by atoms with Crippen molar-refractivity contribution in [1.29, 1.82) is 0 Å². The molecule has 1 heterocycles. The van der Waals surface area contributed by atoms with Crippen LogP contribution in [0, 0.1) is 13.8 Å². The number of hydrogen-bond acceptors (Lipinski definition) is 4. The molecule has 0 unspecified atom stereocenters. The number of H-pyrrole nitrogens is 1. The van der Waals surface area contributed by atoms with E-state index in [1.54, 1.807) is 37.3 Å². The number of carbonyl (C=O) groups is 1. The van der Waals surface area contributed by atoms with Gasteiger partial charge in [-0.1, -0.05) is 24.3 Å². The largest absolute Gasteiger partial charge is 0.507 e. The summed E-state index contributed by atoms with van der Waals surface area (Å²) in [4.78, 5) is 12.3. The second-order valence-electron chi connectivity index (χ2n) is 6.12. The van der Waals surface area contributed by atoms with Crippen LogP contribution < -0.4 is 5.43 Å². The molecule has 0 saturated carbocycles. The Bertz CT molecular complexity index is 989. The van der Waals surface area contributed by atoms with Gasteiger partial charge in [-0.25, -0.2) is 5.43 Å². The van der Waals surface area contributed by atoms with E-state index in [4.69, 9.17) is 0 Å². The number of phenolic OH excluding ortho intramolecular Hbond substituents is 1. The molecular formula is C20H20N4O2. The average molecular weight is 348 g/mol. The van der Waals surface area contributed by atoms with Crippen LogP contribution in [0.2, 0.25) is 0 Å². The molecule has 0 spiro atoms. The molecule has 3 N–H and O–H groups in total. The first-order chi connectivity index (χ1) is 12.5. The molecule has 0 radical (unpaired) electrons. The van der Waals surface area contributed by atoms with Crippen molar-refractivity contribution in [1.82, 2.24) is 15.6 Å². The summed E-state index contributed by atoms with van der Waals surface area (Å²) in [5.74, 6) is -0.288. The van der Waals surface area contributed by atoms with Crippen LogP contribution >= 0.6 is 0 Å². The standard InChI is InChI=1S/C20H20N4O2/c1-12-8-9-15(10-13(12)2)17-11-18(23-22-17)20(26)24-21-14(3)16-6-4-5-7-19(16)25/h4-11,25H,1-3H3,(H,22,23)(H,24,26). The number of carbonyl (C=O) groups excluding carboxylic acids is 1. The molecule has 0 aliphatic heterocycles. The summed E-state index contributed by atoms with van der Waals surface area (Å²) in [5, 5.41) is 20.8. The predicted octanol–water partition coefficient (Wildman–Crippen LogP) is 3.55. The average Bonchev–Trinajstić information content (AvgIpc) is 3.12. The van der Waals surface area contributed by atoms with Gasteiger partial charge in [0.25, 0.3) is 5.91 Å². The van der Waals surface area contributed by atoms with Crippen molar-refractivity contribution in [3.8, 4) is 17.0 Å². The topological polar surface area (TPSA) is 90.4 Å². The SMILES string of the molecule is CC(=NNC(=O)c1cc(-c2ccc(C)c(C)c2)n[nH]1)c1ccccc1O. The summed E-state index contributed by atoms with van der Waals surface area (Å²) >= 11 is 0. The third-order valence-electron chi connectivity index (χ3n) is 4.24. The highest BCUT2D eigenvalue weighted by molar-refractivity contribution is 6.02. The Labute approximate surface area is 151 Å². The van der Waals surface area contributed by atoms with Gasteiger partial charge < -0.3 is 5.11 Å². The lowest BCUT2D eigenvalue weighted by molar-refractivity contribution is 0.0950. The van der Waals surface area contributed by atoms with Crippen LogP contribution in [0.5, 0.6) is 5.75 Å². The number of hydrogen-bond donors (Lipinski definition) is 3. The Morgan fingerprint density at radius 1 is 1.12 bits per heavy atom. The van der Waals surface area contributed by atoms with Crippen molar-refractivity contribution in [3.05, 3.63) is 70.9 Å². The lowest BCUT2D eigenvalue weighted by Gasteiger charge is -2.04. The fourth-order valence-corrected chi connectivity index (χ4v) is 2.52. The lowest BCUT2D eigenvalue weighted by atomic mass is 10.0. The highest BCUT2D eigenvalue weighted by Gasteiger charge is 2.12. The number of aryl methyl sites for hydroxylation is 2. The van der Waals surface area contributed by atoms with Gasteiger partial charge in [-0.2, -0.15) is 10.2 Å². The van der Waals surface area contributed by atoms with E-state index in [0.717, 1.165) is 5.56 Å². The van der Waals surface area contributed by atoms with Gasteiger partial charge in [0.15, 0.2) is 0 Å². The maximum absolute atomic E-state index is 12.3. The van der Waals surface area contributed by atoms with Gasteiger partial charge in [0, 0.05) is 11.1 Å². The number of para-hydroxylation sites is 1. The number of aromatic hydroxyl groups is 1. The molecule has 26 heavy (non-hydrogen) atoms. The molecule has 0 saturated heterocycles. The molecule has 0 fully saturated rings. The van der Waals surface area contributed by atoms with Crippen molar-refractivity contribution in [2.75, 3.05) is 0 Å². The molecule has 6 heteroatoms. The zero-order valence-electron chi connectivity index (χ0n) is 14.9. The molecule has 1 amide bonds. The van der Waals surface area contributed by atoms with Crippen LogP contribution in [0.1, 0.15) is 34.1 Å². The van der Waals surface area contributed by atoms with Gasteiger partial charge in [0.2, 0.25) is 0 Å². The van der Waals surface area contributed by atoms with Gasteiger partial charge in [-0.15, -0.1) is 0 Å². The maximum atomic E-state index is 12.3. The zero-order chi connectivity index (χ0) is 18.7. The van der Waals surface area contributed by atoms with E-state index in [1.807, 2.05) is 32.0 Å². The molecule has 0 bridgehead atoms. The van der Waals surface area contributed by atoms with Gasteiger partial charge in [0.1, 0.15) is 11.4 Å². The molecule has 132 valence electrons. The molecule has 3 aromatic rings. The Kier molecular flexibility index (Phi) is 4.84. The predicted molar refractivity (Wildman–Crippen MR) is 101 cm³/mol. The van der Waals surface area contributed by atoms with Crippen LogP contribution in [0.4, 0.5) is 0 Å². The number of nitrogens with one attached hydrogen (secondary N) is 2. The van der Waals surface area contributed by atoms with Crippen molar-refractivity contribution < 1.29 is 9.90 Å². The van der Waals surface area contributed by atoms with Crippen molar-refractivity contribution in [2.45, 2.75) is 20.8 Å². The Hall–Kier alpha value is -3.41. The first-order valence-electron chi connectivity index (χ1n) is 8.21. The molecule has 3 rings (SSSR count). The van der Waals surface area contributed by atoms with E-state index in [2.05, 4.69) is 20.7 Å². The summed E-state index contributed by atoms with van der Waals surface area (Å²) in [6.07, 6.45) is 0. The summed E-state index contributed by atoms with van der Waals surface area (Å²) in [6, 6.07) is 14.5. The van der Waals surface area contributed by atoms with Crippen LogP contribution in [0.25, 0.3) is 11.3 Å². The monoisotopic (exact) mass is 348 g/mol. The number of benzene rings is 2. The third-order valence-corrected chi connectivity index (χ3v) is 4.24. The second kappa shape index (κ2) is 7.23. The van der Waals surface area contributed by atoms with E-state index < -0.39 is 5.91 Å². The minimum absolute atomic E-state index is 0.113. The number of amides is 1. The minimum Gasteiger partial charge on any atom is -0.507 e. The summed E-state index contributed by atoms with van der Waals surface area (Å²) < 4.78 is 0. The Balaban J connectivity index is 1.75. The van der Waals surface area contributed by atoms with E-state index >= 15 is 0 Å². The summed E-state index contributed by atoms with van der Waals surface area (Å²) in [7, 11) is 0. The van der Waals surface area contributed by atoms with E-state index in [9.17, 15) is 9.90 Å². The number of aromatic amines is 1. The van der Waals surface area contributed by atoms with Gasteiger partial charge in [-0.05, 0) is 56.2 Å². The van der Waals surface area contributed by atoms with Gasteiger partial charge >= 0.3 is 0 Å². The molecule has 0 aliphatic rings. The van der Waals surface area contributed by atoms with Crippen molar-refractivity contribution in [3.63, 3.8) is 0 Å². The number of rotatable bonds is 4. The third kappa shape index (κ3) is 3.64. The normalized spacial score (nSPS) is 11.4. The molecule has 0 atom stereocenters. The molecule has 0 aliphatic carbocycles. The smallest absolute Gasteiger partial charge is 0.289 e. The van der Waals surface area contributed by atoms with Crippen LogP contribution in [0.15, 0.2) is 53.6 Å². The molecular weight excluding hydrogens is 328 g/mol. The Morgan fingerprint density at radius 3 is 2.62 bits per heavy atom. The first-order valence-corrected chi connectivity index (χ1v) is 8.21. The fraction of sp³-hybridized carbons (Fsp3) is 0.150. The minimum atomic E-state index is -0.401. The maximum Gasteiger partial charge on any atom is 0.289 e. The van der Waals surface area contributed by atoms with Crippen LogP contribution in [-0.2, 0) is 0 Å². The molecule has 2 aromatic carbocycles. The van der Waals surface area contributed by atoms with Crippen molar-refractivity contribution >= 4 is 11.6 Å². The quantitative estimate of drug-likeness (QED) is 0.497. The zero-order valence-corrected chi connectivity index (χ0v) is 14.9. The van der Waals surface area contributed by atoms with Crippen LogP contribution in [-0.4, -0.2) is 26.9 Å². The fourth-order valence-electron chi connectivity index (χ4n) is 2.52. The van der Waals surface area contributed by atoms with Gasteiger partial charge in [-0.3, -0.25) is 9.89 Å². The van der Waals surface area contributed by atoms with Gasteiger partial charge in [0.05, 0.1) is 11.4 Å². The van der Waals surface area contributed by atoms with Crippen LogP contribution in [0.3, 0.4) is 0 Å². The van der Waals surface area contributed by atoms with Crippen molar-refractivity contribution in [2.24, 2.45) is 5.10 Å². The van der Waals surface area contributed by atoms with E-state index in [-0.39, 0.29) is 5.75 Å². The number of nitrogens with zero attached hydrogens (tertiary/aromatic N) is 2. The highest BCUT2D eigenvalue weighted by atomic mass is 16.3. The highest BCUT2D eigenvalue weighted by Crippen LogP contribution is 2.21. The lowest BCUT2D eigenvalue weighted by Crippen LogP contribution is -2.19. The summed E-state index contributed by atoms with van der Waals surface area (Å²) in [6.45, 7) is 5.80.